The fraction of sp³-hybridized carbons (Fsp3) is 0.500. The molecule has 1 atom stereocenters. The number of hydrogen-bond acceptors (Lipinski definition) is 3. The molecule has 1 aromatic rings. The Morgan fingerprint density at radius 3 is 2.75 bits per heavy atom. The second kappa shape index (κ2) is 4.03. The van der Waals surface area contributed by atoms with Gasteiger partial charge in [0.15, 0.2) is 11.6 Å². The van der Waals surface area contributed by atoms with Gasteiger partial charge in [-0.25, -0.2) is 4.39 Å². The highest BCUT2D eigenvalue weighted by atomic mass is 19.1. The van der Waals surface area contributed by atoms with Gasteiger partial charge in [0.1, 0.15) is 5.60 Å². The van der Waals surface area contributed by atoms with Crippen molar-refractivity contribution in [2.45, 2.75) is 18.4 Å². The molecule has 1 aromatic carbocycles. The Morgan fingerprint density at radius 1 is 1.56 bits per heavy atom. The Labute approximate surface area is 94.0 Å². The molecule has 0 spiro atoms. The molecule has 88 valence electrons. The van der Waals surface area contributed by atoms with Crippen LogP contribution in [0.4, 0.5) is 4.39 Å². The van der Waals surface area contributed by atoms with Crippen LogP contribution in [0.3, 0.4) is 0 Å². The number of halogens is 1. The molecule has 0 aromatic heterocycles. The molecule has 0 saturated heterocycles. The molecule has 0 bridgehead atoms. The highest BCUT2D eigenvalue weighted by Gasteiger charge is 2.45. The molecule has 1 aliphatic rings. The highest BCUT2D eigenvalue weighted by Crippen LogP contribution is 2.46. The Morgan fingerprint density at radius 2 is 2.25 bits per heavy atom. The molecule has 16 heavy (non-hydrogen) atoms. The van der Waals surface area contributed by atoms with Crippen molar-refractivity contribution in [2.75, 3.05) is 13.7 Å². The molecule has 0 heterocycles. The first-order valence-electron chi connectivity index (χ1n) is 5.39. The number of aliphatic hydroxyl groups is 1. The van der Waals surface area contributed by atoms with Crippen molar-refractivity contribution < 1.29 is 14.2 Å². The van der Waals surface area contributed by atoms with E-state index in [1.54, 1.807) is 12.1 Å². The molecule has 1 unspecified atom stereocenters. The highest BCUT2D eigenvalue weighted by molar-refractivity contribution is 5.36. The lowest BCUT2D eigenvalue weighted by Crippen LogP contribution is -2.38. The van der Waals surface area contributed by atoms with Gasteiger partial charge in [-0.05, 0) is 24.8 Å². The largest absolute Gasteiger partial charge is 0.494 e. The summed E-state index contributed by atoms with van der Waals surface area (Å²) in [6.07, 6.45) is 1.79. The summed E-state index contributed by atoms with van der Waals surface area (Å²) < 4.78 is 18.9. The number of hydrogen-bond donors (Lipinski definition) is 2. The molecule has 0 aliphatic heterocycles. The Kier molecular flexibility index (Phi) is 2.86. The summed E-state index contributed by atoms with van der Waals surface area (Å²) in [5, 5.41) is 10.4. The van der Waals surface area contributed by atoms with Crippen LogP contribution in [0.5, 0.6) is 5.75 Å². The van der Waals surface area contributed by atoms with Crippen LogP contribution in [0, 0.1) is 11.7 Å². The van der Waals surface area contributed by atoms with Crippen molar-refractivity contribution in [2.24, 2.45) is 11.7 Å². The van der Waals surface area contributed by atoms with E-state index in [0.29, 0.717) is 0 Å². The first-order chi connectivity index (χ1) is 7.63. The first kappa shape index (κ1) is 11.4. The van der Waals surface area contributed by atoms with Crippen LogP contribution in [0.2, 0.25) is 0 Å². The molecule has 0 radical (unpaired) electrons. The van der Waals surface area contributed by atoms with Crippen molar-refractivity contribution in [3.8, 4) is 5.75 Å². The number of methoxy groups -OCH3 is 1. The lowest BCUT2D eigenvalue weighted by Gasteiger charge is -2.27. The zero-order chi connectivity index (χ0) is 11.8. The zero-order valence-electron chi connectivity index (χ0n) is 9.24. The Balaban J connectivity index is 2.45. The van der Waals surface area contributed by atoms with Gasteiger partial charge in [0, 0.05) is 12.1 Å². The lowest BCUT2D eigenvalue weighted by atomic mass is 9.88. The molecular weight excluding hydrogens is 209 g/mol. The SMILES string of the molecule is COc1cccc(C(O)(CN)C2CC2)c1F. The number of rotatable bonds is 4. The molecule has 1 saturated carbocycles. The molecule has 3 N–H and O–H groups in total. The van der Waals surface area contributed by atoms with E-state index in [2.05, 4.69) is 0 Å². The van der Waals surface area contributed by atoms with Gasteiger partial charge in [0.05, 0.1) is 7.11 Å². The molecule has 4 heteroatoms. The Hall–Kier alpha value is -1.13. The fourth-order valence-electron chi connectivity index (χ4n) is 2.06. The quantitative estimate of drug-likeness (QED) is 0.814. The second-order valence-corrected chi connectivity index (χ2v) is 4.22. The van der Waals surface area contributed by atoms with E-state index >= 15 is 0 Å². The van der Waals surface area contributed by atoms with Crippen molar-refractivity contribution in [1.82, 2.24) is 0 Å². The average Bonchev–Trinajstić information content (AvgIpc) is 3.12. The maximum atomic E-state index is 14.0. The van der Waals surface area contributed by atoms with Crippen molar-refractivity contribution in [3.05, 3.63) is 29.6 Å². The van der Waals surface area contributed by atoms with Crippen LogP contribution in [0.25, 0.3) is 0 Å². The van der Waals surface area contributed by atoms with Gasteiger partial charge >= 0.3 is 0 Å². The van der Waals surface area contributed by atoms with E-state index in [1.807, 2.05) is 0 Å². The molecular formula is C12H16FNO2. The molecule has 2 rings (SSSR count). The molecule has 1 aliphatic carbocycles. The van der Waals surface area contributed by atoms with Crippen LogP contribution in [-0.4, -0.2) is 18.8 Å². The van der Waals surface area contributed by atoms with Gasteiger partial charge in [-0.1, -0.05) is 12.1 Å². The maximum absolute atomic E-state index is 14.0. The van der Waals surface area contributed by atoms with Crippen LogP contribution in [0.15, 0.2) is 18.2 Å². The topological polar surface area (TPSA) is 55.5 Å². The molecule has 3 nitrogen and oxygen atoms in total. The normalized spacial score (nSPS) is 19.2. The predicted molar refractivity (Wildman–Crippen MR) is 58.6 cm³/mol. The standard InChI is InChI=1S/C12H16FNO2/c1-16-10-4-2-3-9(11(10)13)12(15,7-14)8-5-6-8/h2-4,8,15H,5-7,14H2,1H3. The third kappa shape index (κ3) is 1.68. The second-order valence-electron chi connectivity index (χ2n) is 4.22. The minimum atomic E-state index is -1.25. The summed E-state index contributed by atoms with van der Waals surface area (Å²) in [7, 11) is 1.40. The smallest absolute Gasteiger partial charge is 0.171 e. The number of ether oxygens (including phenoxy) is 1. The molecule has 0 amide bonds. The van der Waals surface area contributed by atoms with Crippen LogP contribution < -0.4 is 10.5 Å². The summed E-state index contributed by atoms with van der Waals surface area (Å²) >= 11 is 0. The van der Waals surface area contributed by atoms with Gasteiger partial charge in [-0.2, -0.15) is 0 Å². The van der Waals surface area contributed by atoms with E-state index < -0.39 is 11.4 Å². The zero-order valence-corrected chi connectivity index (χ0v) is 9.24. The van der Waals surface area contributed by atoms with Gasteiger partial charge < -0.3 is 15.6 Å². The summed E-state index contributed by atoms with van der Waals surface area (Å²) in [5.41, 5.74) is 4.58. The predicted octanol–water partition coefficient (Wildman–Crippen LogP) is 1.39. The van der Waals surface area contributed by atoms with Gasteiger partial charge in [-0.3, -0.25) is 0 Å². The lowest BCUT2D eigenvalue weighted by molar-refractivity contribution is 0.0183. The van der Waals surface area contributed by atoms with Crippen molar-refractivity contribution >= 4 is 0 Å². The Bertz CT molecular complexity index is 393. The summed E-state index contributed by atoms with van der Waals surface area (Å²) in [6.45, 7) is 0.0295. The van der Waals surface area contributed by atoms with E-state index in [0.717, 1.165) is 12.8 Å². The van der Waals surface area contributed by atoms with Crippen LogP contribution >= 0.6 is 0 Å². The minimum Gasteiger partial charge on any atom is -0.494 e. The monoisotopic (exact) mass is 225 g/mol. The third-order valence-electron chi connectivity index (χ3n) is 3.21. The summed E-state index contributed by atoms with van der Waals surface area (Å²) in [4.78, 5) is 0. The third-order valence-corrected chi connectivity index (χ3v) is 3.21. The van der Waals surface area contributed by atoms with Gasteiger partial charge in [0.25, 0.3) is 0 Å². The first-order valence-corrected chi connectivity index (χ1v) is 5.39. The maximum Gasteiger partial charge on any atom is 0.171 e. The van der Waals surface area contributed by atoms with Gasteiger partial charge in [0.2, 0.25) is 0 Å². The minimum absolute atomic E-state index is 0.0295. The molecule has 1 fully saturated rings. The van der Waals surface area contributed by atoms with E-state index in [1.165, 1.54) is 13.2 Å². The van der Waals surface area contributed by atoms with Crippen molar-refractivity contribution in [3.63, 3.8) is 0 Å². The van der Waals surface area contributed by atoms with Crippen LogP contribution in [0.1, 0.15) is 18.4 Å². The van der Waals surface area contributed by atoms with Crippen molar-refractivity contribution in [1.29, 1.82) is 0 Å². The average molecular weight is 225 g/mol. The summed E-state index contributed by atoms with van der Waals surface area (Å²) in [5.74, 6) is -0.297. The van der Waals surface area contributed by atoms with E-state index in [4.69, 9.17) is 10.5 Å². The number of benzene rings is 1. The van der Waals surface area contributed by atoms with Crippen LogP contribution in [-0.2, 0) is 5.60 Å². The van der Waals surface area contributed by atoms with Gasteiger partial charge in [-0.15, -0.1) is 0 Å². The number of nitrogens with two attached hydrogens (primary N) is 1. The van der Waals surface area contributed by atoms with E-state index in [-0.39, 0.29) is 23.8 Å². The van der Waals surface area contributed by atoms with E-state index in [9.17, 15) is 9.50 Å². The fourth-order valence-corrected chi connectivity index (χ4v) is 2.06. The summed E-state index contributed by atoms with van der Waals surface area (Å²) in [6, 6.07) is 4.77.